The number of likely N-dealkylation sites (N-methyl/N-ethyl adjacent to an activating group) is 7. The van der Waals surface area contributed by atoms with Crippen LogP contribution in [0, 0.1) is 0 Å². The Balaban J connectivity index is 4.69. The summed E-state index contributed by atoms with van der Waals surface area (Å²) >= 11 is 0. The largest absolute Gasteiger partial charge is 0.480 e. The third-order valence-corrected chi connectivity index (χ3v) is 5.12. The molecule has 2 N–H and O–H groups in total. The van der Waals surface area contributed by atoms with E-state index in [0.29, 0.717) is 0 Å². The highest BCUT2D eigenvalue weighted by Gasteiger charge is 2.23. The number of hydrogen-bond acceptors (Lipinski definition) is 8. The van der Waals surface area contributed by atoms with Gasteiger partial charge in [-0.2, -0.15) is 0 Å². The van der Waals surface area contributed by atoms with Crippen molar-refractivity contribution in [1.82, 2.24) is 34.7 Å². The molecule has 6 amide bonds. The summed E-state index contributed by atoms with van der Waals surface area (Å²) in [6.45, 7) is -2.03. The molecule has 0 aromatic rings. The molecule has 0 spiro atoms. The molecule has 0 fully saturated rings. The fourth-order valence-electron chi connectivity index (χ4n) is 2.64. The highest BCUT2D eigenvalue weighted by molar-refractivity contribution is 5.92. The van der Waals surface area contributed by atoms with E-state index in [1.54, 1.807) is 7.05 Å². The maximum absolute atomic E-state index is 12.5. The fraction of sp³-hybridized carbons (Fsp3) is 0.667. The number of aliphatic carboxylic acids is 1. The monoisotopic (exact) mass is 515 g/mol. The van der Waals surface area contributed by atoms with Gasteiger partial charge < -0.3 is 39.8 Å². The molecule has 36 heavy (non-hydrogen) atoms. The minimum atomic E-state index is -1.19. The van der Waals surface area contributed by atoms with Gasteiger partial charge in [0.05, 0.1) is 39.3 Å². The van der Waals surface area contributed by atoms with Crippen molar-refractivity contribution in [3.63, 3.8) is 0 Å². The van der Waals surface area contributed by atoms with Crippen molar-refractivity contribution < 1.29 is 38.7 Å². The van der Waals surface area contributed by atoms with E-state index in [2.05, 4.69) is 5.32 Å². The average Bonchev–Trinajstić information content (AvgIpc) is 2.77. The second kappa shape index (κ2) is 15.3. The van der Waals surface area contributed by atoms with Crippen LogP contribution in [0.4, 0.5) is 0 Å². The zero-order valence-electron chi connectivity index (χ0n) is 21.9. The molecule has 0 aliphatic rings. The quantitative estimate of drug-likeness (QED) is 0.234. The highest BCUT2D eigenvalue weighted by Crippen LogP contribution is 1.98. The van der Waals surface area contributed by atoms with Crippen LogP contribution in [0.1, 0.15) is 0 Å². The number of nitrogens with zero attached hydrogens (tertiary/aromatic N) is 6. The van der Waals surface area contributed by atoms with Crippen molar-refractivity contribution in [3.8, 4) is 0 Å². The van der Waals surface area contributed by atoms with Crippen LogP contribution in [-0.4, -0.2) is 171 Å². The maximum atomic E-state index is 12.5. The molecule has 0 unspecified atom stereocenters. The summed E-state index contributed by atoms with van der Waals surface area (Å²) in [5, 5.41) is 11.4. The molecular formula is C21H37N7O8. The Morgan fingerprint density at radius 1 is 0.472 bits per heavy atom. The predicted octanol–water partition coefficient (Wildman–Crippen LogP) is -3.96. The molecule has 15 heteroatoms. The number of carboxylic acid groups (broad SMARTS) is 1. The molecule has 0 saturated heterocycles. The number of carboxylic acids is 1. The van der Waals surface area contributed by atoms with E-state index in [0.717, 1.165) is 24.5 Å². The van der Waals surface area contributed by atoms with E-state index in [4.69, 9.17) is 5.11 Å². The van der Waals surface area contributed by atoms with E-state index in [1.165, 1.54) is 47.2 Å². The van der Waals surface area contributed by atoms with Gasteiger partial charge in [-0.05, 0) is 7.05 Å². The summed E-state index contributed by atoms with van der Waals surface area (Å²) in [7, 11) is 9.85. The smallest absolute Gasteiger partial charge is 0.323 e. The van der Waals surface area contributed by atoms with Gasteiger partial charge in [0, 0.05) is 42.3 Å². The second-order valence-corrected chi connectivity index (χ2v) is 8.42. The van der Waals surface area contributed by atoms with Gasteiger partial charge in [0.2, 0.25) is 35.4 Å². The van der Waals surface area contributed by atoms with Crippen LogP contribution in [0.3, 0.4) is 0 Å². The molecule has 0 heterocycles. The third-order valence-electron chi connectivity index (χ3n) is 5.12. The first kappa shape index (κ1) is 32.2. The topological polar surface area (TPSA) is 171 Å². The molecule has 0 atom stereocenters. The summed E-state index contributed by atoms with van der Waals surface area (Å²) in [5.41, 5.74) is 0. The van der Waals surface area contributed by atoms with E-state index in [1.807, 2.05) is 0 Å². The number of nitrogens with one attached hydrogen (secondary N) is 1. The number of amides is 6. The number of carbonyl (C=O) groups is 7. The molecule has 0 rings (SSSR count). The van der Waals surface area contributed by atoms with Gasteiger partial charge in [-0.1, -0.05) is 0 Å². The molecule has 0 aliphatic heterocycles. The Labute approximate surface area is 210 Å². The molecule has 0 bridgehead atoms. The van der Waals surface area contributed by atoms with Crippen LogP contribution >= 0.6 is 0 Å². The maximum Gasteiger partial charge on any atom is 0.323 e. The lowest BCUT2D eigenvalue weighted by Gasteiger charge is -2.26. The molecular weight excluding hydrogens is 478 g/mol. The van der Waals surface area contributed by atoms with E-state index >= 15 is 0 Å². The van der Waals surface area contributed by atoms with Crippen molar-refractivity contribution in [1.29, 1.82) is 0 Å². The van der Waals surface area contributed by atoms with Crippen LogP contribution in [-0.2, 0) is 33.6 Å². The summed E-state index contributed by atoms with van der Waals surface area (Å²) in [6.07, 6.45) is 0. The molecule has 0 aromatic carbocycles. The van der Waals surface area contributed by atoms with Crippen LogP contribution in [0.5, 0.6) is 0 Å². The first-order chi connectivity index (χ1) is 16.6. The number of hydrogen-bond donors (Lipinski definition) is 2. The first-order valence-corrected chi connectivity index (χ1v) is 10.9. The standard InChI is InChI=1S/C21H37N7O8/c1-22-8-15(29)23(2)9-16(30)24(3)10-17(31)25(4)11-18(32)26(5)12-19(33)27(6)13-20(34)28(7)14-21(35)36/h22H,8-14H2,1-7H3,(H,35,36). The van der Waals surface area contributed by atoms with Crippen LogP contribution in [0.25, 0.3) is 0 Å². The lowest BCUT2D eigenvalue weighted by atomic mass is 10.3. The van der Waals surface area contributed by atoms with E-state index in [-0.39, 0.29) is 45.2 Å². The summed E-state index contributed by atoms with van der Waals surface area (Å²) in [6, 6.07) is 0. The van der Waals surface area contributed by atoms with Gasteiger partial charge in [-0.15, -0.1) is 0 Å². The highest BCUT2D eigenvalue weighted by atomic mass is 16.4. The minimum Gasteiger partial charge on any atom is -0.480 e. The summed E-state index contributed by atoms with van der Waals surface area (Å²) in [5.74, 6) is -4.13. The van der Waals surface area contributed by atoms with Crippen molar-refractivity contribution >= 4 is 41.4 Å². The molecule has 0 aromatic heterocycles. The van der Waals surface area contributed by atoms with E-state index in [9.17, 15) is 33.6 Å². The Morgan fingerprint density at radius 2 is 0.694 bits per heavy atom. The number of carbonyl (C=O) groups excluding carboxylic acids is 6. The van der Waals surface area contributed by atoms with Crippen LogP contribution in [0.2, 0.25) is 0 Å². The average molecular weight is 516 g/mol. The predicted molar refractivity (Wildman–Crippen MR) is 127 cm³/mol. The Bertz CT molecular complexity index is 850. The van der Waals surface area contributed by atoms with Gasteiger partial charge >= 0.3 is 5.97 Å². The fourth-order valence-corrected chi connectivity index (χ4v) is 2.64. The minimum absolute atomic E-state index is 0.0706. The van der Waals surface area contributed by atoms with Crippen LogP contribution < -0.4 is 5.32 Å². The second-order valence-electron chi connectivity index (χ2n) is 8.42. The van der Waals surface area contributed by atoms with Crippen LogP contribution in [0.15, 0.2) is 0 Å². The lowest BCUT2D eigenvalue weighted by molar-refractivity contribution is -0.146. The van der Waals surface area contributed by atoms with Crippen molar-refractivity contribution in [2.24, 2.45) is 0 Å². The van der Waals surface area contributed by atoms with Gasteiger partial charge in [0.15, 0.2) is 0 Å². The van der Waals surface area contributed by atoms with Crippen molar-refractivity contribution in [2.45, 2.75) is 0 Å². The summed E-state index contributed by atoms with van der Waals surface area (Å²) < 4.78 is 0. The van der Waals surface area contributed by atoms with E-state index < -0.39 is 42.0 Å². The third kappa shape index (κ3) is 11.6. The zero-order chi connectivity index (χ0) is 28.2. The normalized spacial score (nSPS) is 10.2. The molecule has 204 valence electrons. The Kier molecular flexibility index (Phi) is 13.7. The zero-order valence-corrected chi connectivity index (χ0v) is 21.9. The van der Waals surface area contributed by atoms with Gasteiger partial charge in [0.1, 0.15) is 6.54 Å². The summed E-state index contributed by atoms with van der Waals surface area (Å²) in [4.78, 5) is 90.6. The first-order valence-electron chi connectivity index (χ1n) is 10.9. The van der Waals surface area contributed by atoms with Gasteiger partial charge in [0.25, 0.3) is 0 Å². The van der Waals surface area contributed by atoms with Gasteiger partial charge in [-0.3, -0.25) is 33.6 Å². The molecule has 15 nitrogen and oxygen atoms in total. The van der Waals surface area contributed by atoms with Gasteiger partial charge in [-0.25, -0.2) is 0 Å². The number of rotatable bonds is 14. The SMILES string of the molecule is CNCC(=O)N(C)CC(=O)N(C)CC(=O)N(C)CC(=O)N(C)CC(=O)N(C)CC(=O)N(C)CC(=O)O. The van der Waals surface area contributed by atoms with Crippen molar-refractivity contribution in [2.75, 3.05) is 95.1 Å². The molecule has 0 saturated carbocycles. The molecule has 0 radical (unpaired) electrons. The molecule has 0 aliphatic carbocycles. The van der Waals surface area contributed by atoms with Crippen molar-refractivity contribution in [3.05, 3.63) is 0 Å². The Morgan fingerprint density at radius 3 is 0.917 bits per heavy atom. The Hall–Kier alpha value is -3.75. The lowest BCUT2D eigenvalue weighted by Crippen LogP contribution is -2.48.